The molecule has 2 aromatic carbocycles. The SMILES string of the molecule is O=C(CCNC(=O)Nc1ccc(Br)cc1)Nc1cc(Cl)ccc1N1CCOCC1. The summed E-state index contributed by atoms with van der Waals surface area (Å²) in [7, 11) is 0. The number of halogens is 2. The molecule has 9 heteroatoms. The first kappa shape index (κ1) is 21.4. The Bertz CT molecular complexity index is 857. The van der Waals surface area contributed by atoms with Crippen molar-refractivity contribution < 1.29 is 14.3 Å². The molecule has 29 heavy (non-hydrogen) atoms. The Morgan fingerprint density at radius 3 is 2.52 bits per heavy atom. The van der Waals surface area contributed by atoms with Crippen LogP contribution < -0.4 is 20.9 Å². The van der Waals surface area contributed by atoms with Crippen LogP contribution >= 0.6 is 27.5 Å². The summed E-state index contributed by atoms with van der Waals surface area (Å²) in [4.78, 5) is 26.5. The molecule has 1 heterocycles. The van der Waals surface area contributed by atoms with E-state index in [1.54, 1.807) is 24.3 Å². The topological polar surface area (TPSA) is 82.7 Å². The van der Waals surface area contributed by atoms with Crippen molar-refractivity contribution in [2.24, 2.45) is 0 Å². The zero-order valence-electron chi connectivity index (χ0n) is 15.7. The van der Waals surface area contributed by atoms with Gasteiger partial charge in [-0.05, 0) is 42.5 Å². The molecule has 0 aromatic heterocycles. The minimum atomic E-state index is -0.364. The molecule has 0 aliphatic carbocycles. The Morgan fingerprint density at radius 1 is 1.07 bits per heavy atom. The van der Waals surface area contributed by atoms with Crippen LogP contribution in [-0.2, 0) is 9.53 Å². The smallest absolute Gasteiger partial charge is 0.319 e. The highest BCUT2D eigenvalue weighted by molar-refractivity contribution is 9.10. The lowest BCUT2D eigenvalue weighted by atomic mass is 10.2. The van der Waals surface area contributed by atoms with Crippen LogP contribution in [0.2, 0.25) is 5.02 Å². The second kappa shape index (κ2) is 10.5. The van der Waals surface area contributed by atoms with Crippen LogP contribution in [0, 0.1) is 0 Å². The van der Waals surface area contributed by atoms with Gasteiger partial charge in [0.15, 0.2) is 0 Å². The first-order valence-corrected chi connectivity index (χ1v) is 10.4. The van der Waals surface area contributed by atoms with Crippen LogP contribution in [-0.4, -0.2) is 44.8 Å². The molecule has 0 saturated carbocycles. The van der Waals surface area contributed by atoms with E-state index in [2.05, 4.69) is 36.8 Å². The Labute approximate surface area is 182 Å². The Balaban J connectivity index is 1.49. The molecule has 0 unspecified atom stereocenters. The number of hydrogen-bond acceptors (Lipinski definition) is 4. The maximum absolute atomic E-state index is 12.4. The fourth-order valence-electron chi connectivity index (χ4n) is 2.90. The molecule has 0 radical (unpaired) electrons. The summed E-state index contributed by atoms with van der Waals surface area (Å²) in [6.45, 7) is 3.01. The van der Waals surface area contributed by atoms with E-state index in [0.717, 1.165) is 23.2 Å². The fraction of sp³-hybridized carbons (Fsp3) is 0.300. The number of urea groups is 1. The second-order valence-electron chi connectivity index (χ2n) is 6.45. The van der Waals surface area contributed by atoms with Gasteiger partial charge in [-0.1, -0.05) is 27.5 Å². The van der Waals surface area contributed by atoms with Crippen LogP contribution in [0.15, 0.2) is 46.9 Å². The maximum Gasteiger partial charge on any atom is 0.319 e. The second-order valence-corrected chi connectivity index (χ2v) is 7.80. The molecular formula is C20H22BrClN4O3. The summed E-state index contributed by atoms with van der Waals surface area (Å²) in [5.41, 5.74) is 2.24. The van der Waals surface area contributed by atoms with Crippen molar-refractivity contribution in [3.8, 4) is 0 Å². The van der Waals surface area contributed by atoms with Gasteiger partial charge < -0.3 is 25.6 Å². The molecule has 0 bridgehead atoms. The number of nitrogens with one attached hydrogen (secondary N) is 3. The Kier molecular flexibility index (Phi) is 7.74. The average molecular weight is 482 g/mol. The van der Waals surface area contributed by atoms with Gasteiger partial charge >= 0.3 is 6.03 Å². The number of rotatable bonds is 6. The third-order valence-electron chi connectivity index (χ3n) is 4.32. The Morgan fingerprint density at radius 2 is 1.79 bits per heavy atom. The third-order valence-corrected chi connectivity index (χ3v) is 5.09. The number of anilines is 3. The zero-order chi connectivity index (χ0) is 20.6. The number of amides is 3. The van der Waals surface area contributed by atoms with Gasteiger partial charge in [-0.25, -0.2) is 4.79 Å². The van der Waals surface area contributed by atoms with Crippen LogP contribution in [0.4, 0.5) is 21.9 Å². The van der Waals surface area contributed by atoms with E-state index in [4.69, 9.17) is 16.3 Å². The summed E-state index contributed by atoms with van der Waals surface area (Å²) in [6, 6.07) is 12.3. The fourth-order valence-corrected chi connectivity index (χ4v) is 3.34. The van der Waals surface area contributed by atoms with E-state index in [1.807, 2.05) is 18.2 Å². The molecular weight excluding hydrogens is 460 g/mol. The normalized spacial score (nSPS) is 13.7. The lowest BCUT2D eigenvalue weighted by Gasteiger charge is -2.30. The summed E-state index contributed by atoms with van der Waals surface area (Å²) in [6.07, 6.45) is 0.142. The highest BCUT2D eigenvalue weighted by atomic mass is 79.9. The quantitative estimate of drug-likeness (QED) is 0.580. The maximum atomic E-state index is 12.4. The number of morpholine rings is 1. The molecule has 1 aliphatic heterocycles. The first-order valence-electron chi connectivity index (χ1n) is 9.24. The average Bonchev–Trinajstić information content (AvgIpc) is 2.70. The summed E-state index contributed by atoms with van der Waals surface area (Å²) < 4.78 is 6.31. The van der Waals surface area contributed by atoms with Gasteiger partial charge in [-0.15, -0.1) is 0 Å². The lowest BCUT2D eigenvalue weighted by molar-refractivity contribution is -0.116. The predicted octanol–water partition coefficient (Wildman–Crippen LogP) is 4.09. The van der Waals surface area contributed by atoms with Gasteiger partial charge in [0.05, 0.1) is 24.6 Å². The molecule has 3 rings (SSSR count). The molecule has 3 amide bonds. The van der Waals surface area contributed by atoms with Crippen LogP contribution in [0.1, 0.15) is 6.42 Å². The number of hydrogen-bond donors (Lipinski definition) is 3. The summed E-state index contributed by atoms with van der Waals surface area (Å²) in [5.74, 6) is -0.203. The highest BCUT2D eigenvalue weighted by Crippen LogP contribution is 2.30. The molecule has 0 atom stereocenters. The summed E-state index contributed by atoms with van der Waals surface area (Å²) >= 11 is 9.45. The lowest BCUT2D eigenvalue weighted by Crippen LogP contribution is -2.37. The van der Waals surface area contributed by atoms with Crippen LogP contribution in [0.5, 0.6) is 0 Å². The minimum absolute atomic E-state index is 0.142. The number of carbonyl (C=O) groups excluding carboxylic acids is 2. The van der Waals surface area contributed by atoms with E-state index in [0.29, 0.717) is 29.6 Å². The first-order chi connectivity index (χ1) is 14.0. The van der Waals surface area contributed by atoms with Crippen molar-refractivity contribution in [1.29, 1.82) is 0 Å². The van der Waals surface area contributed by atoms with E-state index in [1.165, 1.54) is 0 Å². The van der Waals surface area contributed by atoms with Crippen molar-refractivity contribution in [3.63, 3.8) is 0 Å². The van der Waals surface area contributed by atoms with Gasteiger partial charge in [0.2, 0.25) is 5.91 Å². The Hall–Kier alpha value is -2.29. The molecule has 2 aromatic rings. The standard InChI is InChI=1S/C20H22BrClN4O3/c21-14-1-4-16(5-2-14)24-20(28)23-8-7-19(27)25-17-13-15(22)3-6-18(17)26-9-11-29-12-10-26/h1-6,13H,7-12H2,(H,25,27)(H2,23,24,28). The number of benzene rings is 2. The third kappa shape index (κ3) is 6.62. The van der Waals surface area contributed by atoms with Gasteiger partial charge in [-0.3, -0.25) is 4.79 Å². The van der Waals surface area contributed by atoms with Crippen molar-refractivity contribution in [3.05, 3.63) is 52.0 Å². The van der Waals surface area contributed by atoms with Gasteiger partial charge in [0.25, 0.3) is 0 Å². The monoisotopic (exact) mass is 480 g/mol. The molecule has 1 saturated heterocycles. The summed E-state index contributed by atoms with van der Waals surface area (Å²) in [5, 5.41) is 8.83. The van der Waals surface area contributed by atoms with E-state index in [-0.39, 0.29) is 24.9 Å². The van der Waals surface area contributed by atoms with Crippen molar-refractivity contribution in [1.82, 2.24) is 5.32 Å². The van der Waals surface area contributed by atoms with E-state index in [9.17, 15) is 9.59 Å². The van der Waals surface area contributed by atoms with Gasteiger partial charge in [0.1, 0.15) is 0 Å². The molecule has 154 valence electrons. The van der Waals surface area contributed by atoms with E-state index >= 15 is 0 Å². The van der Waals surface area contributed by atoms with Crippen LogP contribution in [0.25, 0.3) is 0 Å². The minimum Gasteiger partial charge on any atom is -0.378 e. The van der Waals surface area contributed by atoms with Crippen LogP contribution in [0.3, 0.4) is 0 Å². The zero-order valence-corrected chi connectivity index (χ0v) is 18.1. The molecule has 1 aliphatic rings. The molecule has 3 N–H and O–H groups in total. The number of nitrogens with zero attached hydrogens (tertiary/aromatic N) is 1. The van der Waals surface area contributed by atoms with Crippen molar-refractivity contribution in [2.45, 2.75) is 6.42 Å². The van der Waals surface area contributed by atoms with Gasteiger partial charge in [-0.2, -0.15) is 0 Å². The molecule has 1 fully saturated rings. The molecule has 7 nitrogen and oxygen atoms in total. The number of ether oxygens (including phenoxy) is 1. The van der Waals surface area contributed by atoms with Gasteiger partial charge in [0, 0.05) is 41.2 Å². The van der Waals surface area contributed by atoms with Crippen molar-refractivity contribution >= 4 is 56.5 Å². The molecule has 0 spiro atoms. The van der Waals surface area contributed by atoms with Crippen molar-refractivity contribution in [2.75, 3.05) is 48.4 Å². The highest BCUT2D eigenvalue weighted by Gasteiger charge is 2.16. The van der Waals surface area contributed by atoms with E-state index < -0.39 is 0 Å². The number of carbonyl (C=O) groups is 2. The predicted molar refractivity (Wildman–Crippen MR) is 119 cm³/mol. The largest absolute Gasteiger partial charge is 0.378 e.